The molecule has 0 aliphatic heterocycles. The number of carboxylic acid groups (broad SMARTS) is 2. The molecule has 0 radical (unpaired) electrons. The van der Waals surface area contributed by atoms with Crippen LogP contribution in [0.5, 0.6) is 0 Å². The number of imidazole rings is 2. The number of aliphatic carboxylic acids is 2. The third-order valence-corrected chi connectivity index (χ3v) is 16.4. The van der Waals surface area contributed by atoms with Crippen LogP contribution in [0.2, 0.25) is 0 Å². The van der Waals surface area contributed by atoms with Crippen molar-refractivity contribution in [2.45, 2.75) is 120 Å². The first-order valence-corrected chi connectivity index (χ1v) is 33.4. The van der Waals surface area contributed by atoms with E-state index < -0.39 is 88.1 Å². The Morgan fingerprint density at radius 3 is 1.57 bits per heavy atom. The number of nitrogens with one attached hydrogen (secondary N) is 11. The smallest absolute Gasteiger partial charge is 0.328 e. The number of hydrogen-bond donors (Lipinski definition) is 14. The number of rotatable bonds is 42. The second-order valence-corrected chi connectivity index (χ2v) is 24.2. The number of carbonyl (C=O) groups is 9. The predicted molar refractivity (Wildman–Crippen MR) is 359 cm³/mol. The van der Waals surface area contributed by atoms with Crippen LogP contribution in [-0.4, -0.2) is 178 Å². The van der Waals surface area contributed by atoms with Crippen LogP contribution in [0.15, 0.2) is 131 Å². The van der Waals surface area contributed by atoms with E-state index in [-0.39, 0.29) is 84.8 Å². The lowest BCUT2D eigenvalue weighted by Gasteiger charge is -2.18. The van der Waals surface area contributed by atoms with Crippen molar-refractivity contribution >= 4 is 103 Å². The summed E-state index contributed by atoms with van der Waals surface area (Å²) in [4.78, 5) is 134. The van der Waals surface area contributed by atoms with Crippen LogP contribution >= 0.6 is 0 Å². The number of aromatic amines is 2. The highest BCUT2D eigenvalue weighted by Gasteiger charge is 2.26. The van der Waals surface area contributed by atoms with Gasteiger partial charge in [0.25, 0.3) is 27.8 Å². The van der Waals surface area contributed by atoms with Gasteiger partial charge >= 0.3 is 11.9 Å². The summed E-state index contributed by atoms with van der Waals surface area (Å²) in [5.41, 5.74) is 2.37. The second-order valence-electron chi connectivity index (χ2n) is 22.8. The lowest BCUT2D eigenvalue weighted by atomic mass is 10.1. The summed E-state index contributed by atoms with van der Waals surface area (Å²) >= 11 is 0. The van der Waals surface area contributed by atoms with Crippen LogP contribution in [0.1, 0.15) is 114 Å². The van der Waals surface area contributed by atoms with Crippen LogP contribution in [0.3, 0.4) is 0 Å². The molecule has 0 saturated heterocycles. The standard InChI is InChI=1S/C64H78N20O14S/c85-54(65-23-7-1-3-13-55(86)79-48(61(92)93)39-74-57(88)41-15-19-50-45(33-41)37-77-83(50)31-9-25-67-63-69-27-28-70-63)22-18-47(81-59(90)44-17-21-53(73-35-44)82-76-36-43-11-5-6-12-52(43)99(96,97)98)60(91)66-24-8-2-4-14-56(87)80-49(62(94)95)40-75-58(89)42-16-20-51-46(34-42)38-78-84(51)32-10-26-68-64-71-29-30-72-64/h5-6,11-12,15-17,19-21,27-30,33-35,37-38,47-49H,1-4,7-10,13-14,18,22-26,31-32,36,39-40H2,(H,65,85)(H,66,91)(H,74,88)(H,75,89)(H,79,86)(H,80,87)(H,81,90)(H,92,93)(H,94,95)(H2,67,69,70)(H2,68,71,72)(H,96,97,98)/t47?,48-,49-/m0/s1. The van der Waals surface area contributed by atoms with E-state index in [2.05, 4.69) is 93.2 Å². The molecule has 3 aromatic carbocycles. The second kappa shape index (κ2) is 37.1. The summed E-state index contributed by atoms with van der Waals surface area (Å²) in [5, 5.41) is 62.5. The van der Waals surface area contributed by atoms with Gasteiger partial charge in [-0.25, -0.2) is 24.5 Å². The molecule has 5 heterocycles. The molecule has 0 aliphatic carbocycles. The minimum atomic E-state index is -4.52. The third kappa shape index (κ3) is 23.4. The SMILES string of the molecule is O=C(CCC(NC(=O)c1ccc(N=NCc2ccccc2S(=O)(=O)O)nc1)C(=O)NCCCCCC(=O)N[C@@H](CNC(=O)c1ccc2c(cnn2CCCNc2ncc[nH]2)c1)C(=O)O)NCCCCCC(=O)N[C@@H](CNC(=O)c1ccc2c(cnn2CCCNc2ncc[nH]2)c1)C(=O)O. The first-order valence-electron chi connectivity index (χ1n) is 32.0. The van der Waals surface area contributed by atoms with Gasteiger partial charge in [-0.3, -0.25) is 47.5 Å². The van der Waals surface area contributed by atoms with E-state index in [1.807, 2.05) is 9.36 Å². The van der Waals surface area contributed by atoms with E-state index in [1.54, 1.807) is 79.6 Å². The van der Waals surface area contributed by atoms with E-state index in [0.717, 1.165) is 29.3 Å². The van der Waals surface area contributed by atoms with Crippen molar-refractivity contribution in [2.24, 2.45) is 10.2 Å². The summed E-state index contributed by atoms with van der Waals surface area (Å²) in [5.74, 6) is -5.32. The third-order valence-electron chi connectivity index (χ3n) is 15.4. The molecule has 5 aromatic heterocycles. The molecule has 99 heavy (non-hydrogen) atoms. The number of aryl methyl sites for hydroxylation is 2. The maximum atomic E-state index is 13.7. The van der Waals surface area contributed by atoms with Gasteiger partial charge in [0, 0.05) is 125 Å². The maximum Gasteiger partial charge on any atom is 0.328 e. The molecule has 0 spiro atoms. The Hall–Kier alpha value is -11.5. The molecule has 7 amide bonds. The summed E-state index contributed by atoms with van der Waals surface area (Å²) < 4.78 is 36.8. The number of aromatic nitrogens is 9. The number of unbranched alkanes of at least 4 members (excludes halogenated alkanes) is 4. The van der Waals surface area contributed by atoms with Gasteiger partial charge in [-0.15, -0.1) is 5.11 Å². The zero-order valence-electron chi connectivity index (χ0n) is 53.8. The molecular weight excluding hydrogens is 1300 g/mol. The van der Waals surface area contributed by atoms with Crippen molar-refractivity contribution in [1.29, 1.82) is 0 Å². The largest absolute Gasteiger partial charge is 0.480 e. The summed E-state index contributed by atoms with van der Waals surface area (Å²) in [7, 11) is -4.52. The highest BCUT2D eigenvalue weighted by Crippen LogP contribution is 2.21. The van der Waals surface area contributed by atoms with E-state index in [1.165, 1.54) is 36.5 Å². The van der Waals surface area contributed by atoms with Gasteiger partial charge in [-0.1, -0.05) is 31.0 Å². The van der Waals surface area contributed by atoms with Crippen molar-refractivity contribution in [3.8, 4) is 0 Å². The molecule has 1 unspecified atom stereocenters. The molecule has 0 saturated carbocycles. The molecule has 524 valence electrons. The van der Waals surface area contributed by atoms with E-state index in [4.69, 9.17) is 0 Å². The zero-order valence-corrected chi connectivity index (χ0v) is 54.6. The van der Waals surface area contributed by atoms with Crippen LogP contribution in [0, 0.1) is 0 Å². The van der Waals surface area contributed by atoms with Crippen molar-refractivity contribution in [3.05, 3.63) is 138 Å². The molecular formula is C64H78N20O14S. The molecule has 8 rings (SSSR count). The number of hydrogen-bond acceptors (Lipinski definition) is 20. The number of nitrogens with zero attached hydrogens (tertiary/aromatic N) is 9. The maximum absolute atomic E-state index is 13.7. The van der Waals surface area contributed by atoms with Gasteiger partial charge in [-0.2, -0.15) is 23.7 Å². The van der Waals surface area contributed by atoms with Gasteiger partial charge in [0.1, 0.15) is 18.1 Å². The Bertz CT molecular complexity index is 4200. The first kappa shape index (κ1) is 73.3. The molecule has 0 fully saturated rings. The number of fused-ring (bicyclic) bond motifs is 2. The van der Waals surface area contributed by atoms with Gasteiger partial charge in [0.2, 0.25) is 23.6 Å². The summed E-state index contributed by atoms with van der Waals surface area (Å²) in [6.07, 6.45) is 14.6. The number of carbonyl (C=O) groups excluding carboxylic acids is 7. The number of azo groups is 1. The quantitative estimate of drug-likeness (QED) is 0.0146. The molecule has 35 heteroatoms. The normalized spacial score (nSPS) is 12.3. The Balaban J connectivity index is 0.744. The fraction of sp³-hybridized carbons (Fsp3) is 0.375. The summed E-state index contributed by atoms with van der Waals surface area (Å²) in [6.45, 7) is 1.82. The number of carboxylic acids is 2. The minimum absolute atomic E-state index is 0.0128. The first-order chi connectivity index (χ1) is 47.8. The topological polar surface area (TPSA) is 487 Å². The molecule has 0 bridgehead atoms. The number of H-pyrrole nitrogens is 2. The van der Waals surface area contributed by atoms with Crippen LogP contribution < -0.4 is 47.9 Å². The van der Waals surface area contributed by atoms with Crippen molar-refractivity contribution < 1.29 is 66.3 Å². The van der Waals surface area contributed by atoms with E-state index in [9.17, 15) is 66.3 Å². The Morgan fingerprint density at radius 1 is 0.525 bits per heavy atom. The van der Waals surface area contributed by atoms with Crippen LogP contribution in [-0.2, 0) is 58.5 Å². The van der Waals surface area contributed by atoms with E-state index >= 15 is 0 Å². The predicted octanol–water partition coefficient (Wildman–Crippen LogP) is 3.99. The van der Waals surface area contributed by atoms with Gasteiger partial charge in [0.05, 0.1) is 40.4 Å². The zero-order chi connectivity index (χ0) is 70.5. The Labute approximate surface area is 566 Å². The molecule has 8 aromatic rings. The monoisotopic (exact) mass is 1380 g/mol. The minimum Gasteiger partial charge on any atom is -0.480 e. The Kier molecular flexibility index (Phi) is 27.5. The van der Waals surface area contributed by atoms with Gasteiger partial charge in [0.15, 0.2) is 17.7 Å². The molecule has 3 atom stereocenters. The fourth-order valence-corrected chi connectivity index (χ4v) is 10.9. The van der Waals surface area contributed by atoms with Gasteiger partial charge < -0.3 is 68.0 Å². The van der Waals surface area contributed by atoms with Crippen LogP contribution in [0.25, 0.3) is 21.8 Å². The molecule has 34 nitrogen and oxygen atoms in total. The lowest BCUT2D eigenvalue weighted by Crippen LogP contribution is -2.48. The number of pyridine rings is 1. The van der Waals surface area contributed by atoms with Crippen molar-refractivity contribution in [1.82, 2.24) is 81.7 Å². The fourth-order valence-electron chi connectivity index (χ4n) is 10.2. The average molecular weight is 1380 g/mol. The average Bonchev–Trinajstić information content (AvgIpc) is 1.70. The highest BCUT2D eigenvalue weighted by molar-refractivity contribution is 7.85. The number of amides is 7. The molecule has 14 N–H and O–H groups in total. The Morgan fingerprint density at radius 2 is 1.06 bits per heavy atom. The van der Waals surface area contributed by atoms with Crippen LogP contribution in [0.4, 0.5) is 17.7 Å². The molecule has 0 aliphatic rings. The number of anilines is 2. The summed E-state index contributed by atoms with van der Waals surface area (Å²) in [6, 6.07) is 14.3. The van der Waals surface area contributed by atoms with E-state index in [0.29, 0.717) is 82.0 Å². The van der Waals surface area contributed by atoms with Crippen molar-refractivity contribution in [3.63, 3.8) is 0 Å². The van der Waals surface area contributed by atoms with Crippen molar-refractivity contribution in [2.75, 3.05) is 49.9 Å². The lowest BCUT2D eigenvalue weighted by molar-refractivity contribution is -0.142. The highest BCUT2D eigenvalue weighted by atomic mass is 32.2. The number of benzene rings is 3. The van der Waals surface area contributed by atoms with Gasteiger partial charge in [-0.05, 0) is 105 Å².